The molecule has 22 nitrogen and oxygen atoms in total. The first-order valence-corrected chi connectivity index (χ1v) is 23.5. The predicted octanol–water partition coefficient (Wildman–Crippen LogP) is 0.516. The van der Waals surface area contributed by atoms with Gasteiger partial charge in [0.1, 0.15) is 35.9 Å². The Bertz CT molecular complexity index is 2160. The third-order valence-electron chi connectivity index (χ3n) is 12.2. The third-order valence-corrected chi connectivity index (χ3v) is 12.2. The van der Waals surface area contributed by atoms with E-state index in [0.29, 0.717) is 12.0 Å². The Hall–Kier alpha value is -7.10. The molecule has 1 aromatic rings. The zero-order chi connectivity index (χ0) is 53.9. The van der Waals surface area contributed by atoms with E-state index < -0.39 is 126 Å². The molecule has 12 N–H and O–H groups in total. The lowest BCUT2D eigenvalue weighted by Gasteiger charge is -2.31. The zero-order valence-corrected chi connectivity index (χ0v) is 42.1. The van der Waals surface area contributed by atoms with Gasteiger partial charge in [0, 0.05) is 33.0 Å². The van der Waals surface area contributed by atoms with E-state index in [2.05, 4.69) is 38.5 Å². The predicted molar refractivity (Wildman–Crippen MR) is 263 cm³/mol. The van der Waals surface area contributed by atoms with Crippen LogP contribution in [0.4, 0.5) is 0 Å². The van der Waals surface area contributed by atoms with E-state index in [1.54, 1.807) is 32.9 Å². The van der Waals surface area contributed by atoms with Gasteiger partial charge in [-0.25, -0.2) is 9.59 Å². The average Bonchev–Trinajstić information content (AvgIpc) is 3.30. The maximum atomic E-state index is 14.4. The van der Waals surface area contributed by atoms with Gasteiger partial charge in [-0.2, -0.15) is 0 Å². The van der Waals surface area contributed by atoms with Gasteiger partial charge in [-0.1, -0.05) is 95.3 Å². The fourth-order valence-corrected chi connectivity index (χ4v) is 7.58. The number of carboxylic acid groups (broad SMARTS) is 2. The van der Waals surface area contributed by atoms with Crippen LogP contribution in [-0.2, 0) is 49.6 Å². The number of likely N-dealkylation sites (N-methyl/N-ethyl adjacent to an activating group) is 2. The standard InChI is InChI=1S/C49H74N10O12/c1-26(2)23-36-45(66)57-40(48(70)71)30(6)41(62)55-35(17-14-22-52-49(50)51)44(65)54-34(19-18-27(3)24-28(4)38(60)25-33-15-12-11-13-16-33)29(5)46(67)59(10)37(47(68)69)20-21-39(61)58(9)32(8)43(64)53-31(7)42(63)56-36/h11-13,15-16,18-19,24,26,28-31,34-38,40,60H,8,14,17,20-23,25H2,1-7,9-10H3,(H,53,64)(H,54,65)(H,55,62)(H,56,63)(H,57,66)(H,68,69)(H,70,71)(H4,50,51,52)/b19-18+,27-24+/t28-,29-,30-,31+,34-,35-,36-,37+,38-,40+/m0/s1. The maximum absolute atomic E-state index is 14.4. The summed E-state index contributed by atoms with van der Waals surface area (Å²) in [5.74, 6) is -13.0. The summed E-state index contributed by atoms with van der Waals surface area (Å²) >= 11 is 0. The number of nitrogens with two attached hydrogens (primary N) is 1. The Morgan fingerprint density at radius 2 is 1.48 bits per heavy atom. The molecular weight excluding hydrogens is 921 g/mol. The molecule has 1 heterocycles. The minimum atomic E-state index is -1.89. The van der Waals surface area contributed by atoms with Gasteiger partial charge in [0.15, 0.2) is 5.96 Å². The van der Waals surface area contributed by atoms with Crippen molar-refractivity contribution in [3.05, 3.63) is 72.0 Å². The second kappa shape index (κ2) is 28.5. The topological polar surface area (TPSA) is 343 Å². The van der Waals surface area contributed by atoms with Crippen molar-refractivity contribution in [2.75, 3.05) is 20.6 Å². The van der Waals surface area contributed by atoms with Crippen LogP contribution in [0.5, 0.6) is 0 Å². The summed E-state index contributed by atoms with van der Waals surface area (Å²) in [6, 6.07) is 0.582. The molecular formula is C49H74N10O12. The van der Waals surface area contributed by atoms with Gasteiger partial charge >= 0.3 is 11.9 Å². The molecule has 0 radical (unpaired) electrons. The third kappa shape index (κ3) is 19.3. The van der Waals surface area contributed by atoms with E-state index in [4.69, 9.17) is 11.1 Å². The molecule has 1 aliphatic heterocycles. The molecule has 0 aliphatic carbocycles. The minimum absolute atomic E-state index is 0.000728. The number of rotatable bonds is 14. The Labute approximate surface area is 415 Å². The van der Waals surface area contributed by atoms with E-state index in [1.807, 2.05) is 37.3 Å². The summed E-state index contributed by atoms with van der Waals surface area (Å²) in [5.41, 5.74) is 6.58. The van der Waals surface area contributed by atoms with Gasteiger partial charge < -0.3 is 62.8 Å². The normalized spacial score (nSPS) is 25.5. The number of aliphatic hydroxyl groups is 1. The molecule has 0 unspecified atom stereocenters. The number of nitrogens with one attached hydrogen (secondary N) is 7. The lowest BCUT2D eigenvalue weighted by molar-refractivity contribution is -0.151. The number of carbonyl (C=O) groups is 9. The van der Waals surface area contributed by atoms with Crippen LogP contribution in [0.2, 0.25) is 0 Å². The van der Waals surface area contributed by atoms with E-state index in [0.717, 1.165) is 15.4 Å². The van der Waals surface area contributed by atoms with Crippen LogP contribution >= 0.6 is 0 Å². The second-order valence-electron chi connectivity index (χ2n) is 18.5. The van der Waals surface area contributed by atoms with Crippen molar-refractivity contribution in [1.29, 1.82) is 5.41 Å². The Balaban J connectivity index is 2.75. The number of aliphatic carboxylic acids is 2. The van der Waals surface area contributed by atoms with Gasteiger partial charge in [-0.3, -0.25) is 39.0 Å². The van der Waals surface area contributed by atoms with Crippen LogP contribution in [0, 0.1) is 29.1 Å². The highest BCUT2D eigenvalue weighted by atomic mass is 16.4. The number of carbonyl (C=O) groups excluding carboxylic acids is 7. The quantitative estimate of drug-likeness (QED) is 0.0398. The van der Waals surface area contributed by atoms with E-state index in [-0.39, 0.29) is 43.6 Å². The first-order chi connectivity index (χ1) is 33.2. The second-order valence-corrected chi connectivity index (χ2v) is 18.5. The SMILES string of the molecule is C=C1C(=O)N[C@H](C)C(=O)N[C@@H](CC(C)C)C(=O)N[C@@H](C(=O)O)[C@H](C)C(=O)N[C@@H](CCCNC(=N)N)C(=O)N[C@@H](/C=C/C(C)=C/[C@H](C)[C@@H](O)Cc2ccccc2)[C@H](C)C(=O)N(C)[C@@H](C(=O)O)CCC(=O)N1C. The molecule has 0 saturated carbocycles. The number of hydrogen-bond acceptors (Lipinski definition) is 11. The molecule has 71 heavy (non-hydrogen) atoms. The largest absolute Gasteiger partial charge is 0.480 e. The molecule has 1 aromatic carbocycles. The summed E-state index contributed by atoms with van der Waals surface area (Å²) in [6.45, 7) is 14.7. The molecule has 0 aromatic heterocycles. The zero-order valence-electron chi connectivity index (χ0n) is 42.1. The van der Waals surface area contributed by atoms with Crippen molar-refractivity contribution in [3.8, 4) is 0 Å². The van der Waals surface area contributed by atoms with Gasteiger partial charge in [0.05, 0.1) is 24.0 Å². The van der Waals surface area contributed by atoms with E-state index in [9.17, 15) is 58.5 Å². The number of hydrogen-bond donors (Lipinski definition) is 11. The molecule has 7 amide bonds. The van der Waals surface area contributed by atoms with Crippen LogP contribution in [0.1, 0.15) is 86.1 Å². The molecule has 0 bridgehead atoms. The Morgan fingerprint density at radius 3 is 2.06 bits per heavy atom. The van der Waals surface area contributed by atoms with Gasteiger partial charge in [0.25, 0.3) is 5.91 Å². The number of benzene rings is 1. The van der Waals surface area contributed by atoms with Crippen molar-refractivity contribution in [3.63, 3.8) is 0 Å². The molecule has 22 heteroatoms. The van der Waals surface area contributed by atoms with Crippen molar-refractivity contribution in [2.45, 2.75) is 129 Å². The number of guanidine groups is 1. The minimum Gasteiger partial charge on any atom is -0.480 e. The summed E-state index contributed by atoms with van der Waals surface area (Å²) < 4.78 is 0. The van der Waals surface area contributed by atoms with Gasteiger partial charge in [0.2, 0.25) is 35.4 Å². The van der Waals surface area contributed by atoms with E-state index in [1.165, 1.54) is 40.9 Å². The molecule has 0 spiro atoms. The fraction of sp³-hybridized carbons (Fsp3) is 0.551. The number of allylic oxidation sites excluding steroid dienone is 2. The average molecular weight is 995 g/mol. The molecule has 2 rings (SSSR count). The highest BCUT2D eigenvalue weighted by molar-refractivity contribution is 6.00. The Morgan fingerprint density at radius 1 is 0.873 bits per heavy atom. The summed E-state index contributed by atoms with van der Waals surface area (Å²) in [6.07, 6.45) is 3.60. The lowest BCUT2D eigenvalue weighted by Crippen LogP contribution is -2.59. The van der Waals surface area contributed by atoms with Gasteiger partial charge in [-0.15, -0.1) is 0 Å². The molecule has 392 valence electrons. The summed E-state index contributed by atoms with van der Waals surface area (Å²) in [5, 5.41) is 54.3. The number of amides is 7. The van der Waals surface area contributed by atoms with Crippen LogP contribution in [0.25, 0.3) is 0 Å². The number of aliphatic hydroxyl groups excluding tert-OH is 1. The van der Waals surface area contributed by atoms with Crippen molar-refractivity contribution in [1.82, 2.24) is 41.7 Å². The van der Waals surface area contributed by atoms with Crippen molar-refractivity contribution in [2.24, 2.45) is 29.4 Å². The maximum Gasteiger partial charge on any atom is 0.327 e. The van der Waals surface area contributed by atoms with Crippen molar-refractivity contribution < 1.29 is 58.5 Å². The Kier molecular flexibility index (Phi) is 24.1. The van der Waals surface area contributed by atoms with E-state index >= 15 is 0 Å². The highest BCUT2D eigenvalue weighted by Gasteiger charge is 2.38. The lowest BCUT2D eigenvalue weighted by atomic mass is 9.94. The van der Waals surface area contributed by atoms with Gasteiger partial charge in [-0.05, 0) is 57.4 Å². The number of nitrogens with zero attached hydrogens (tertiary/aromatic N) is 2. The first-order valence-electron chi connectivity index (χ1n) is 23.5. The molecule has 1 saturated heterocycles. The van der Waals surface area contributed by atoms with Crippen molar-refractivity contribution >= 4 is 59.2 Å². The van der Waals surface area contributed by atoms with Crippen LogP contribution < -0.4 is 37.6 Å². The summed E-state index contributed by atoms with van der Waals surface area (Å²) in [4.78, 5) is 124. The fourth-order valence-electron chi connectivity index (χ4n) is 7.58. The number of carboxylic acids is 2. The first kappa shape index (κ1) is 60.0. The monoisotopic (exact) mass is 995 g/mol. The smallest absolute Gasteiger partial charge is 0.327 e. The van der Waals surface area contributed by atoms with Crippen LogP contribution in [0.15, 0.2) is 66.4 Å². The summed E-state index contributed by atoms with van der Waals surface area (Å²) in [7, 11) is 2.43. The van der Waals surface area contributed by atoms with Crippen LogP contribution in [0.3, 0.4) is 0 Å². The molecule has 1 fully saturated rings. The molecule has 1 aliphatic rings. The highest BCUT2D eigenvalue weighted by Crippen LogP contribution is 2.19. The van der Waals surface area contributed by atoms with Crippen LogP contribution in [-0.4, -0.2) is 147 Å². The molecule has 10 atom stereocenters.